The van der Waals surface area contributed by atoms with Gasteiger partial charge in [-0.15, -0.1) is 0 Å². The molecule has 28 atom stereocenters. The second-order valence-electron chi connectivity index (χ2n) is 24.6. The highest BCUT2D eigenvalue weighted by Gasteiger charge is 2.65. The van der Waals surface area contributed by atoms with E-state index in [9.17, 15) is 24.0 Å². The molecule has 15 fully saturated rings. The molecule has 5 aliphatic heterocycles. The van der Waals surface area contributed by atoms with E-state index < -0.39 is 0 Å². The Kier molecular flexibility index (Phi) is 12.0. The maximum atomic E-state index is 11.6. The van der Waals surface area contributed by atoms with E-state index >= 15 is 0 Å². The average molecular weight is 919 g/mol. The van der Waals surface area contributed by atoms with Crippen molar-refractivity contribution in [1.29, 1.82) is 0 Å². The predicted octanol–water partition coefficient (Wildman–Crippen LogP) is 7.14. The molecule has 0 aromatic carbocycles. The minimum atomic E-state index is 0.0245. The third kappa shape index (κ3) is 6.93. The first kappa shape index (κ1) is 45.7. The molecule has 5 saturated heterocycles. The van der Waals surface area contributed by atoms with E-state index in [0.29, 0.717) is 121 Å². The Bertz CT molecular complexity index is 1920. The Morgan fingerprint density at radius 1 is 0.379 bits per heavy atom. The zero-order chi connectivity index (χ0) is 46.2. The second-order valence-corrected chi connectivity index (χ2v) is 24.6. The molecule has 0 aromatic heterocycles. The number of cyclic esters (lactones) is 5. The Morgan fingerprint density at radius 2 is 0.758 bits per heavy atom. The number of hydrogen-bond donors (Lipinski definition) is 0. The van der Waals surface area contributed by atoms with Gasteiger partial charge in [-0.3, -0.25) is 24.0 Å². The van der Waals surface area contributed by atoms with Crippen molar-refractivity contribution in [1.82, 2.24) is 0 Å². The third-order valence-electron chi connectivity index (χ3n) is 22.6. The van der Waals surface area contributed by atoms with Crippen LogP contribution in [0, 0.1) is 154 Å². The molecule has 66 heavy (non-hydrogen) atoms. The van der Waals surface area contributed by atoms with Crippen LogP contribution >= 0.6 is 0 Å². The first-order valence-corrected chi connectivity index (χ1v) is 26.7. The van der Waals surface area contributed by atoms with E-state index in [1.165, 1.54) is 44.9 Å². The summed E-state index contributed by atoms with van der Waals surface area (Å²) < 4.78 is 37.0. The zero-order valence-electron chi connectivity index (χ0n) is 40.8. The largest absolute Gasteiger partial charge is 0.465 e. The molecule has 0 spiro atoms. The van der Waals surface area contributed by atoms with E-state index in [1.807, 2.05) is 6.92 Å². The molecular formula is C54H78O12. The monoisotopic (exact) mass is 919 g/mol. The van der Waals surface area contributed by atoms with Crippen LogP contribution in [0.5, 0.6) is 0 Å². The number of rotatable bonds is 3. The summed E-state index contributed by atoms with van der Waals surface area (Å²) in [4.78, 5) is 57.3. The highest BCUT2D eigenvalue weighted by molar-refractivity contribution is 5.78. The van der Waals surface area contributed by atoms with Crippen LogP contribution < -0.4 is 0 Å². The van der Waals surface area contributed by atoms with Gasteiger partial charge in [-0.25, -0.2) is 0 Å². The molecule has 10 aliphatic carbocycles. The summed E-state index contributed by atoms with van der Waals surface area (Å²) in [6.07, 6.45) is 9.41. The Morgan fingerprint density at radius 3 is 1.30 bits per heavy atom. The minimum Gasteiger partial charge on any atom is -0.465 e. The van der Waals surface area contributed by atoms with Crippen molar-refractivity contribution in [2.45, 2.75) is 106 Å². The quantitative estimate of drug-likeness (QED) is 0.209. The van der Waals surface area contributed by atoms with Crippen LogP contribution in [-0.2, 0) is 57.1 Å². The van der Waals surface area contributed by atoms with Gasteiger partial charge >= 0.3 is 29.8 Å². The van der Waals surface area contributed by atoms with Gasteiger partial charge < -0.3 is 33.2 Å². The van der Waals surface area contributed by atoms with Gasteiger partial charge in [-0.05, 0) is 147 Å². The van der Waals surface area contributed by atoms with Crippen LogP contribution in [-0.4, -0.2) is 88.8 Å². The SMILES string of the molecule is CC1C(C)C2CC1C1COC(=O)C21.CC1CC2CC1C1C(=O)OCC21.CC1CC2CC1C1COC(=O)C21.CCOC1C(C)C2CC1C1C(=O)OCC21.COC1C(C)C2CC1C1C(=O)OCC21. The maximum absolute atomic E-state index is 11.6. The summed E-state index contributed by atoms with van der Waals surface area (Å²) in [7, 11) is 1.76. The van der Waals surface area contributed by atoms with E-state index in [-0.39, 0.29) is 53.7 Å². The molecule has 10 saturated carbocycles. The average Bonchev–Trinajstić information content (AvgIpc) is 4.10. The first-order chi connectivity index (χ1) is 31.7. The third-order valence-corrected chi connectivity index (χ3v) is 22.6. The lowest BCUT2D eigenvalue weighted by atomic mass is 9.71. The summed E-state index contributed by atoms with van der Waals surface area (Å²) in [6, 6.07) is 0. The summed E-state index contributed by atoms with van der Waals surface area (Å²) in [5.41, 5.74) is 0. The van der Waals surface area contributed by atoms with Gasteiger partial charge in [-0.1, -0.05) is 41.5 Å². The number of carbonyl (C=O) groups excluding carboxylic acids is 5. The molecule has 0 N–H and O–H groups in total. The summed E-state index contributed by atoms with van der Waals surface area (Å²) in [5.74, 6) is 15.1. The number of fused-ring (bicyclic) bond motifs is 25. The molecule has 28 unspecified atom stereocenters. The first-order valence-electron chi connectivity index (χ1n) is 26.7. The van der Waals surface area contributed by atoms with Gasteiger partial charge in [0.1, 0.15) is 0 Å². The molecule has 0 radical (unpaired) electrons. The molecule has 10 bridgehead atoms. The summed E-state index contributed by atoms with van der Waals surface area (Å²) in [5, 5.41) is 0. The molecule has 12 nitrogen and oxygen atoms in total. The lowest BCUT2D eigenvalue weighted by Gasteiger charge is -2.33. The highest BCUT2D eigenvalue weighted by atomic mass is 16.6. The van der Waals surface area contributed by atoms with Crippen molar-refractivity contribution in [3.8, 4) is 0 Å². The molecule has 0 amide bonds. The fraction of sp³-hybridized carbons (Fsp3) is 0.907. The molecular weight excluding hydrogens is 841 g/mol. The van der Waals surface area contributed by atoms with Crippen molar-refractivity contribution in [2.24, 2.45) is 154 Å². The molecule has 5 heterocycles. The van der Waals surface area contributed by atoms with Gasteiger partial charge in [0.2, 0.25) is 0 Å². The smallest absolute Gasteiger partial charge is 0.309 e. The molecule has 366 valence electrons. The predicted molar refractivity (Wildman–Crippen MR) is 238 cm³/mol. The zero-order valence-corrected chi connectivity index (χ0v) is 40.8. The molecule has 15 rings (SSSR count). The van der Waals surface area contributed by atoms with Crippen molar-refractivity contribution in [3.63, 3.8) is 0 Å². The lowest BCUT2D eigenvalue weighted by Crippen LogP contribution is -2.39. The van der Waals surface area contributed by atoms with E-state index in [4.69, 9.17) is 33.2 Å². The van der Waals surface area contributed by atoms with Gasteiger partial charge in [0.15, 0.2) is 0 Å². The number of hydrogen-bond acceptors (Lipinski definition) is 12. The fourth-order valence-electron chi connectivity index (χ4n) is 19.5. The standard InChI is InChI=1S/C12H18O3.C11H16O3.C11H16O2.2C10H14O2/c1-3-14-11-6(2)7-4-8(11)10-9(7)5-15-12(10)13;1-5-6-3-7(10(5)13-2)9-8(6)4-14-11(9)12;1-5-6(2)8-3-7(5)9-4-13-11(12)10(8)9;1-5-2-6-3-7(5)8-4-12-10(11)9(6)8;1-5-2-6-3-7(5)9-8(6)4-12-10(9)11/h6-11H,3-5H2,1-2H3;5-10H,3-4H2,1-2H3;5-10H,3-4H2,1-2H3;2*5-9H,2-4H2,1H3. The van der Waals surface area contributed by atoms with Gasteiger partial charge in [0, 0.05) is 43.3 Å². The van der Waals surface area contributed by atoms with Gasteiger partial charge in [0.05, 0.1) is 74.8 Å². The van der Waals surface area contributed by atoms with Crippen LogP contribution in [0.25, 0.3) is 0 Å². The van der Waals surface area contributed by atoms with Crippen LogP contribution in [0.3, 0.4) is 0 Å². The molecule has 0 aromatic rings. The minimum absolute atomic E-state index is 0.0245. The van der Waals surface area contributed by atoms with Gasteiger partial charge in [-0.2, -0.15) is 0 Å². The van der Waals surface area contributed by atoms with Gasteiger partial charge in [0.25, 0.3) is 0 Å². The number of methoxy groups -OCH3 is 1. The Hall–Kier alpha value is -2.73. The van der Waals surface area contributed by atoms with Crippen molar-refractivity contribution < 1.29 is 57.1 Å². The van der Waals surface area contributed by atoms with E-state index in [0.717, 1.165) is 61.2 Å². The van der Waals surface area contributed by atoms with E-state index in [1.54, 1.807) is 7.11 Å². The number of ether oxygens (including phenoxy) is 7. The van der Waals surface area contributed by atoms with Crippen molar-refractivity contribution in [3.05, 3.63) is 0 Å². The van der Waals surface area contributed by atoms with Crippen molar-refractivity contribution >= 4 is 29.8 Å². The fourth-order valence-corrected chi connectivity index (χ4v) is 19.5. The lowest BCUT2D eigenvalue weighted by molar-refractivity contribution is -0.145. The van der Waals surface area contributed by atoms with Crippen LogP contribution in [0.4, 0.5) is 0 Å². The molecule has 15 aliphatic rings. The second kappa shape index (κ2) is 17.3. The topological polar surface area (TPSA) is 150 Å². The summed E-state index contributed by atoms with van der Waals surface area (Å²) >= 11 is 0. The Labute approximate surface area is 392 Å². The normalized spacial score (nSPS) is 55.2. The summed E-state index contributed by atoms with van der Waals surface area (Å²) in [6.45, 7) is 20.0. The van der Waals surface area contributed by atoms with Crippen LogP contribution in [0.15, 0.2) is 0 Å². The Balaban J connectivity index is 0.0000000914. The van der Waals surface area contributed by atoms with Crippen molar-refractivity contribution in [2.75, 3.05) is 46.8 Å². The maximum Gasteiger partial charge on any atom is 0.309 e. The van der Waals surface area contributed by atoms with Crippen LogP contribution in [0.1, 0.15) is 93.4 Å². The highest BCUT2D eigenvalue weighted by Crippen LogP contribution is 2.62. The number of carbonyl (C=O) groups is 5. The number of esters is 5. The van der Waals surface area contributed by atoms with Crippen LogP contribution in [0.2, 0.25) is 0 Å². The molecule has 12 heteroatoms. The van der Waals surface area contributed by atoms with E-state index in [2.05, 4.69) is 41.5 Å².